The first kappa shape index (κ1) is 20.7. The van der Waals surface area contributed by atoms with Crippen LogP contribution in [0.3, 0.4) is 0 Å². The van der Waals surface area contributed by atoms with Crippen molar-refractivity contribution < 1.29 is 18.3 Å². The van der Waals surface area contributed by atoms with Crippen LogP contribution >= 0.6 is 24.0 Å². The van der Waals surface area contributed by atoms with E-state index < -0.39 is 6.61 Å². The lowest BCUT2D eigenvalue weighted by Crippen LogP contribution is -2.40. The Kier molecular flexibility index (Phi) is 9.09. The molecule has 8 heteroatoms. The summed E-state index contributed by atoms with van der Waals surface area (Å²) < 4.78 is 35.3. The highest BCUT2D eigenvalue weighted by molar-refractivity contribution is 14.0. The lowest BCUT2D eigenvalue weighted by atomic mass is 10.1. The van der Waals surface area contributed by atoms with Crippen molar-refractivity contribution in [2.75, 3.05) is 19.7 Å². The molecule has 0 aliphatic carbocycles. The van der Waals surface area contributed by atoms with Gasteiger partial charge in [-0.05, 0) is 32.3 Å². The molecule has 0 spiro atoms. The van der Waals surface area contributed by atoms with E-state index in [4.69, 9.17) is 10.5 Å². The van der Waals surface area contributed by atoms with Gasteiger partial charge in [-0.2, -0.15) is 8.78 Å². The predicted molar refractivity (Wildman–Crippen MR) is 100 cm³/mol. The molecular weight excluding hydrogens is 431 g/mol. The van der Waals surface area contributed by atoms with E-state index in [1.807, 2.05) is 4.90 Å². The number of alkyl halides is 2. The van der Waals surface area contributed by atoms with E-state index in [1.54, 1.807) is 25.1 Å². The number of nitrogens with two attached hydrogens (primary N) is 1. The SMILES string of the molecule is CCOc1cccc(CN=C(N)N2CCCCC2)c1OC(F)F.I. The number of piperidine rings is 1. The largest absolute Gasteiger partial charge is 0.490 e. The van der Waals surface area contributed by atoms with Gasteiger partial charge in [-0.25, -0.2) is 4.99 Å². The van der Waals surface area contributed by atoms with E-state index in [9.17, 15) is 8.78 Å². The third-order valence-corrected chi connectivity index (χ3v) is 3.66. The fourth-order valence-corrected chi connectivity index (χ4v) is 2.57. The van der Waals surface area contributed by atoms with Gasteiger partial charge in [0.05, 0.1) is 13.2 Å². The molecule has 2 N–H and O–H groups in total. The van der Waals surface area contributed by atoms with Crippen LogP contribution in [-0.2, 0) is 6.54 Å². The number of halogens is 3. The van der Waals surface area contributed by atoms with E-state index >= 15 is 0 Å². The standard InChI is InChI=1S/C16H23F2N3O2.HI/c1-2-22-13-8-6-7-12(14(13)23-15(17)18)11-20-16(19)21-9-4-3-5-10-21;/h6-8,15H,2-5,9-11H2,1H3,(H2,19,20);1H. The molecule has 1 aromatic carbocycles. The first-order valence-electron chi connectivity index (χ1n) is 7.86. The number of likely N-dealkylation sites (tertiary alicyclic amines) is 1. The minimum absolute atomic E-state index is 0. The summed E-state index contributed by atoms with van der Waals surface area (Å²) in [5.41, 5.74) is 6.52. The van der Waals surface area contributed by atoms with Crippen molar-refractivity contribution in [1.82, 2.24) is 4.90 Å². The molecular formula is C16H24F2IN3O2. The molecule has 1 aliphatic rings. The van der Waals surface area contributed by atoms with Gasteiger partial charge in [-0.3, -0.25) is 0 Å². The molecule has 0 atom stereocenters. The maximum absolute atomic E-state index is 12.7. The predicted octanol–water partition coefficient (Wildman–Crippen LogP) is 3.61. The Hall–Kier alpha value is -1.32. The van der Waals surface area contributed by atoms with Gasteiger partial charge in [-0.15, -0.1) is 24.0 Å². The summed E-state index contributed by atoms with van der Waals surface area (Å²) >= 11 is 0. The van der Waals surface area contributed by atoms with Gasteiger partial charge >= 0.3 is 6.61 Å². The molecule has 1 saturated heterocycles. The highest BCUT2D eigenvalue weighted by atomic mass is 127. The Morgan fingerprint density at radius 3 is 2.62 bits per heavy atom. The molecule has 1 aliphatic heterocycles. The quantitative estimate of drug-likeness (QED) is 0.405. The summed E-state index contributed by atoms with van der Waals surface area (Å²) in [6, 6.07) is 5.01. The van der Waals surface area contributed by atoms with E-state index in [1.165, 1.54) is 6.42 Å². The van der Waals surface area contributed by atoms with Crippen molar-refractivity contribution in [3.05, 3.63) is 23.8 Å². The second kappa shape index (κ2) is 10.5. The Morgan fingerprint density at radius 1 is 1.29 bits per heavy atom. The summed E-state index contributed by atoms with van der Waals surface area (Å²) in [7, 11) is 0. The zero-order chi connectivity index (χ0) is 16.7. The van der Waals surface area contributed by atoms with Gasteiger partial charge in [0.25, 0.3) is 0 Å². The van der Waals surface area contributed by atoms with Crippen molar-refractivity contribution in [1.29, 1.82) is 0 Å². The van der Waals surface area contributed by atoms with Gasteiger partial charge in [0.2, 0.25) is 0 Å². The lowest BCUT2D eigenvalue weighted by molar-refractivity contribution is -0.0520. The van der Waals surface area contributed by atoms with Gasteiger partial charge in [0, 0.05) is 18.7 Å². The number of ether oxygens (including phenoxy) is 2. The zero-order valence-electron chi connectivity index (χ0n) is 13.7. The van der Waals surface area contributed by atoms with Gasteiger partial charge in [0.1, 0.15) is 0 Å². The molecule has 0 saturated carbocycles. The number of hydrogen-bond donors (Lipinski definition) is 1. The van der Waals surface area contributed by atoms with E-state index in [0.717, 1.165) is 25.9 Å². The average Bonchev–Trinajstić information content (AvgIpc) is 2.55. The highest BCUT2D eigenvalue weighted by Crippen LogP contribution is 2.33. The first-order chi connectivity index (χ1) is 11.1. The molecule has 0 amide bonds. The van der Waals surface area contributed by atoms with Crippen molar-refractivity contribution in [3.63, 3.8) is 0 Å². The number of rotatable bonds is 6. The fraction of sp³-hybridized carbons (Fsp3) is 0.562. The summed E-state index contributed by atoms with van der Waals surface area (Å²) in [6.07, 6.45) is 3.39. The van der Waals surface area contributed by atoms with Crippen molar-refractivity contribution in [3.8, 4) is 11.5 Å². The number of guanidine groups is 1. The van der Waals surface area contributed by atoms with E-state index in [2.05, 4.69) is 9.73 Å². The van der Waals surface area contributed by atoms with Crippen LogP contribution in [-0.4, -0.2) is 37.2 Å². The minimum Gasteiger partial charge on any atom is -0.490 e. The van der Waals surface area contributed by atoms with Crippen LogP contribution in [0.15, 0.2) is 23.2 Å². The minimum atomic E-state index is -2.92. The molecule has 0 unspecified atom stereocenters. The zero-order valence-corrected chi connectivity index (χ0v) is 16.0. The van der Waals surface area contributed by atoms with Gasteiger partial charge in [0.15, 0.2) is 17.5 Å². The smallest absolute Gasteiger partial charge is 0.387 e. The Balaban J connectivity index is 0.00000288. The number of para-hydroxylation sites is 1. The normalized spacial score (nSPS) is 15.2. The molecule has 24 heavy (non-hydrogen) atoms. The maximum Gasteiger partial charge on any atom is 0.387 e. The third-order valence-electron chi connectivity index (χ3n) is 3.66. The average molecular weight is 455 g/mol. The van der Waals surface area contributed by atoms with Crippen LogP contribution in [0.1, 0.15) is 31.7 Å². The first-order valence-corrected chi connectivity index (χ1v) is 7.86. The van der Waals surface area contributed by atoms with Crippen molar-refractivity contribution >= 4 is 29.9 Å². The Bertz CT molecular complexity index is 538. The Labute approximate surface area is 158 Å². The number of aliphatic imine (C=N–C) groups is 1. The van der Waals surface area contributed by atoms with Crippen LogP contribution in [0.5, 0.6) is 11.5 Å². The lowest BCUT2D eigenvalue weighted by Gasteiger charge is -2.27. The molecule has 1 fully saturated rings. The molecule has 0 radical (unpaired) electrons. The van der Waals surface area contributed by atoms with Crippen LogP contribution in [0.4, 0.5) is 8.78 Å². The fourth-order valence-electron chi connectivity index (χ4n) is 2.57. The van der Waals surface area contributed by atoms with Crippen LogP contribution in [0, 0.1) is 0 Å². The Morgan fingerprint density at radius 2 is 2.00 bits per heavy atom. The highest BCUT2D eigenvalue weighted by Gasteiger charge is 2.16. The third kappa shape index (κ3) is 5.95. The monoisotopic (exact) mass is 455 g/mol. The second-order valence-electron chi connectivity index (χ2n) is 5.28. The summed E-state index contributed by atoms with van der Waals surface area (Å²) in [4.78, 5) is 6.34. The van der Waals surface area contributed by atoms with E-state index in [0.29, 0.717) is 18.1 Å². The summed E-state index contributed by atoms with van der Waals surface area (Å²) in [5, 5.41) is 0. The maximum atomic E-state index is 12.7. The topological polar surface area (TPSA) is 60.1 Å². The van der Waals surface area contributed by atoms with Crippen molar-refractivity contribution in [2.24, 2.45) is 10.7 Å². The van der Waals surface area contributed by atoms with Gasteiger partial charge in [-0.1, -0.05) is 12.1 Å². The molecule has 0 bridgehead atoms. The van der Waals surface area contributed by atoms with E-state index in [-0.39, 0.29) is 42.0 Å². The molecule has 1 aromatic rings. The molecule has 1 heterocycles. The number of nitrogens with zero attached hydrogens (tertiary/aromatic N) is 2. The van der Waals surface area contributed by atoms with Crippen LogP contribution in [0.25, 0.3) is 0 Å². The van der Waals surface area contributed by atoms with Crippen LogP contribution in [0.2, 0.25) is 0 Å². The summed E-state index contributed by atoms with van der Waals surface area (Å²) in [5.74, 6) is 0.756. The van der Waals surface area contributed by atoms with Crippen LogP contribution < -0.4 is 15.2 Å². The number of benzene rings is 1. The molecule has 2 rings (SSSR count). The van der Waals surface area contributed by atoms with Gasteiger partial charge < -0.3 is 20.1 Å². The second-order valence-corrected chi connectivity index (χ2v) is 5.28. The number of hydrogen-bond acceptors (Lipinski definition) is 3. The molecule has 0 aromatic heterocycles. The van der Waals surface area contributed by atoms with Crippen molar-refractivity contribution in [2.45, 2.75) is 39.3 Å². The summed E-state index contributed by atoms with van der Waals surface area (Å²) in [6.45, 7) is 1.17. The molecule has 5 nitrogen and oxygen atoms in total. The molecule has 136 valence electrons.